The third kappa shape index (κ3) is 7.44. The second kappa shape index (κ2) is 14.4. The van der Waals surface area contributed by atoms with E-state index < -0.39 is 11.8 Å². The molecule has 0 saturated carbocycles. The number of urea groups is 1. The smallest absolute Gasteiger partial charge is 0.319 e. The number of aromatic nitrogens is 4. The van der Waals surface area contributed by atoms with Crippen LogP contribution in [0.4, 0.5) is 32.1 Å². The number of piperidine rings is 1. The van der Waals surface area contributed by atoms with Gasteiger partial charge in [0, 0.05) is 54.6 Å². The Morgan fingerprint density at radius 2 is 1.96 bits per heavy atom. The summed E-state index contributed by atoms with van der Waals surface area (Å²) in [6, 6.07) is 18.3. The number of amidine groups is 1. The van der Waals surface area contributed by atoms with Crippen LogP contribution in [-0.2, 0) is 0 Å². The van der Waals surface area contributed by atoms with Gasteiger partial charge in [-0.05, 0) is 54.4 Å². The maximum absolute atomic E-state index is 14.1. The molecule has 1 fully saturated rings. The molecule has 5 aromatic rings. The van der Waals surface area contributed by atoms with E-state index in [2.05, 4.69) is 55.0 Å². The van der Waals surface area contributed by atoms with Gasteiger partial charge in [0.25, 0.3) is 0 Å². The summed E-state index contributed by atoms with van der Waals surface area (Å²) in [6.07, 6.45) is 4.26. The van der Waals surface area contributed by atoms with Gasteiger partial charge in [-0.15, -0.1) is 10.2 Å². The summed E-state index contributed by atoms with van der Waals surface area (Å²) in [7, 11) is 0. The molecule has 1 aliphatic heterocycles. The number of amides is 2. The average Bonchev–Trinajstić information content (AvgIpc) is 3.55. The zero-order chi connectivity index (χ0) is 35.4. The fourth-order valence-corrected chi connectivity index (χ4v) is 6.12. The van der Waals surface area contributed by atoms with Crippen LogP contribution in [0.25, 0.3) is 16.6 Å². The van der Waals surface area contributed by atoms with E-state index >= 15 is 0 Å². The first-order chi connectivity index (χ1) is 24.0. The number of aliphatic imine (C=N–C) groups is 1. The molecule has 2 amide bonds. The van der Waals surface area contributed by atoms with E-state index in [9.17, 15) is 9.18 Å². The Kier molecular flexibility index (Phi) is 9.80. The second-order valence-electron chi connectivity index (χ2n) is 12.6. The van der Waals surface area contributed by atoms with Crippen molar-refractivity contribution in [3.63, 3.8) is 0 Å². The lowest BCUT2D eigenvalue weighted by Gasteiger charge is -2.45. The molecule has 13 nitrogen and oxygen atoms in total. The predicted octanol–water partition coefficient (Wildman–Crippen LogP) is 5.32. The average molecular weight is 696 g/mol. The molecular weight excluding hydrogens is 661 g/mol. The van der Waals surface area contributed by atoms with Crippen LogP contribution in [0.15, 0.2) is 78.0 Å². The second-order valence-corrected chi connectivity index (χ2v) is 13.0. The van der Waals surface area contributed by atoms with Crippen molar-refractivity contribution < 1.29 is 14.3 Å². The molecule has 256 valence electrons. The predicted molar refractivity (Wildman–Crippen MR) is 191 cm³/mol. The molecule has 6 rings (SSSR count). The van der Waals surface area contributed by atoms with E-state index in [0.29, 0.717) is 35.8 Å². The number of carbonyl (C=O) groups excluding carboxylic acids is 1. The Morgan fingerprint density at radius 1 is 1.16 bits per heavy atom. The minimum absolute atomic E-state index is 0.0266. The molecule has 0 bridgehead atoms. The van der Waals surface area contributed by atoms with Crippen LogP contribution >= 0.6 is 11.6 Å². The first-order valence-corrected chi connectivity index (χ1v) is 16.2. The maximum Gasteiger partial charge on any atom is 0.319 e. The number of nitrogens with one attached hydrogen (secondary N) is 3. The number of nitrogens with zero attached hydrogens (tertiary/aromatic N) is 7. The molecule has 15 heteroatoms. The molecule has 2 aromatic carbocycles. The van der Waals surface area contributed by atoms with Gasteiger partial charge in [0.15, 0.2) is 11.5 Å². The number of benzene rings is 2. The van der Waals surface area contributed by atoms with Gasteiger partial charge in [-0.3, -0.25) is 0 Å². The lowest BCUT2D eigenvalue weighted by Crippen LogP contribution is -2.52. The van der Waals surface area contributed by atoms with Crippen molar-refractivity contribution in [1.82, 2.24) is 25.1 Å². The summed E-state index contributed by atoms with van der Waals surface area (Å²) in [5, 5.41) is 40.3. The van der Waals surface area contributed by atoms with Gasteiger partial charge < -0.3 is 31.7 Å². The monoisotopic (exact) mass is 695 g/mol. The van der Waals surface area contributed by atoms with Crippen molar-refractivity contribution in [2.24, 2.45) is 16.1 Å². The fraction of sp³-hybridized carbons (Fsp3) is 0.257. The number of aliphatic hydroxyl groups excluding tert-OH is 1. The summed E-state index contributed by atoms with van der Waals surface area (Å²) in [6.45, 7) is 5.68. The molecular formula is C35H35ClFN11O2. The fourth-order valence-electron chi connectivity index (χ4n) is 5.96. The summed E-state index contributed by atoms with van der Waals surface area (Å²) in [4.78, 5) is 18.7. The zero-order valence-corrected chi connectivity index (χ0v) is 28.1. The molecule has 0 radical (unpaired) electrons. The number of halogens is 2. The highest BCUT2D eigenvalue weighted by Crippen LogP contribution is 2.37. The van der Waals surface area contributed by atoms with Gasteiger partial charge in [-0.1, -0.05) is 37.6 Å². The van der Waals surface area contributed by atoms with Crippen molar-refractivity contribution in [2.45, 2.75) is 26.3 Å². The number of hydrogen-bond donors (Lipinski definition) is 5. The van der Waals surface area contributed by atoms with Gasteiger partial charge >= 0.3 is 6.03 Å². The van der Waals surface area contributed by atoms with Gasteiger partial charge in [0.05, 0.1) is 40.3 Å². The maximum atomic E-state index is 14.1. The minimum atomic E-state index is -0.489. The number of rotatable bonds is 9. The highest BCUT2D eigenvalue weighted by molar-refractivity contribution is 6.33. The number of aliphatic hydroxyl groups is 1. The first kappa shape index (κ1) is 34.1. The number of carbonyl (C=O) groups is 1. The van der Waals surface area contributed by atoms with E-state index in [1.165, 1.54) is 18.2 Å². The molecule has 1 aliphatic rings. The topological polar surface area (TPSA) is 182 Å². The van der Waals surface area contributed by atoms with Crippen LogP contribution < -0.4 is 26.6 Å². The Bertz CT molecular complexity index is 2090. The molecule has 0 spiro atoms. The number of anilines is 3. The quantitative estimate of drug-likeness (QED) is 0.101. The Balaban J connectivity index is 1.35. The van der Waals surface area contributed by atoms with Gasteiger partial charge in [-0.2, -0.15) is 10.4 Å². The SMILES string of the molecule is CC1(C)CN(c2ccc(C#N)nn2)CC[C@H]1Nc1c(C(N)=Nc2cc(F)ccc2Cl)cnn2cc(-c3ccc(NC(=O)NCCO)cc3)cc12. The van der Waals surface area contributed by atoms with Crippen LogP contribution in [0.5, 0.6) is 0 Å². The van der Waals surface area contributed by atoms with Crippen molar-refractivity contribution in [1.29, 1.82) is 5.26 Å². The summed E-state index contributed by atoms with van der Waals surface area (Å²) in [5.41, 5.74) is 11.1. The van der Waals surface area contributed by atoms with Crippen LogP contribution in [-0.4, -0.2) is 69.1 Å². The lowest BCUT2D eigenvalue weighted by atomic mass is 9.78. The normalized spacial score (nSPS) is 15.8. The Labute approximate surface area is 292 Å². The molecule has 6 N–H and O–H groups in total. The largest absolute Gasteiger partial charge is 0.395 e. The van der Waals surface area contributed by atoms with Crippen LogP contribution in [0.1, 0.15) is 31.5 Å². The lowest BCUT2D eigenvalue weighted by molar-refractivity contribution is 0.245. The first-order valence-electron chi connectivity index (χ1n) is 15.9. The van der Waals surface area contributed by atoms with Crippen LogP contribution in [0.3, 0.4) is 0 Å². The van der Waals surface area contributed by atoms with Gasteiger partial charge in [0.1, 0.15) is 17.7 Å². The number of fused-ring (bicyclic) bond motifs is 1. The van der Waals surface area contributed by atoms with Crippen LogP contribution in [0.2, 0.25) is 5.02 Å². The number of hydrogen-bond acceptors (Lipinski definition) is 9. The highest BCUT2D eigenvalue weighted by atomic mass is 35.5. The zero-order valence-electron chi connectivity index (χ0n) is 27.4. The molecule has 3 aromatic heterocycles. The molecule has 4 heterocycles. The molecule has 0 aliphatic carbocycles. The van der Waals surface area contributed by atoms with Gasteiger partial charge in [-0.25, -0.2) is 18.7 Å². The summed E-state index contributed by atoms with van der Waals surface area (Å²) >= 11 is 6.34. The van der Waals surface area contributed by atoms with Crippen molar-refractivity contribution in [3.8, 4) is 17.2 Å². The van der Waals surface area contributed by atoms with E-state index in [1.54, 1.807) is 28.9 Å². The van der Waals surface area contributed by atoms with E-state index in [1.807, 2.05) is 36.5 Å². The third-order valence-electron chi connectivity index (χ3n) is 8.57. The molecule has 1 atom stereocenters. The molecule has 50 heavy (non-hydrogen) atoms. The molecule has 1 saturated heterocycles. The standard InChI is InChI=1S/C35H35ClFN11O2/c1-35(2)20-47(31-10-8-25(17-38)45-46-31)13-11-30(35)44-32-26(33(39)43-28-16-23(37)5-9-27(28)36)18-41-48-19-22(15-29(32)48)21-3-6-24(7-4-21)42-34(50)40-12-14-49/h3-10,15-16,18-19,30,44,49H,11-14,20H2,1-2H3,(H2,39,43)(H2,40,42,50)/t30-/m1/s1. The number of nitrogens with two attached hydrogens (primary N) is 1. The van der Waals surface area contributed by atoms with E-state index in [-0.39, 0.29) is 46.8 Å². The van der Waals surface area contributed by atoms with Crippen molar-refractivity contribution in [3.05, 3.63) is 95.2 Å². The van der Waals surface area contributed by atoms with E-state index in [0.717, 1.165) is 23.1 Å². The summed E-state index contributed by atoms with van der Waals surface area (Å²) in [5.74, 6) is 0.321. The van der Waals surface area contributed by atoms with Gasteiger partial charge in [0.2, 0.25) is 0 Å². The Morgan fingerprint density at radius 3 is 2.66 bits per heavy atom. The van der Waals surface area contributed by atoms with Crippen molar-refractivity contribution in [2.75, 3.05) is 41.8 Å². The minimum Gasteiger partial charge on any atom is -0.395 e. The van der Waals surface area contributed by atoms with E-state index in [4.69, 9.17) is 27.7 Å². The van der Waals surface area contributed by atoms with Crippen LogP contribution in [0, 0.1) is 22.6 Å². The summed E-state index contributed by atoms with van der Waals surface area (Å²) < 4.78 is 15.9. The third-order valence-corrected chi connectivity index (χ3v) is 8.89. The van der Waals surface area contributed by atoms with Crippen molar-refractivity contribution >= 4 is 51.9 Å². The number of nitriles is 1. The highest BCUT2D eigenvalue weighted by Gasteiger charge is 2.37. The Hall–Kier alpha value is -5.78. The molecule has 0 unspecified atom stereocenters.